The molecule has 0 spiro atoms. The first-order chi connectivity index (χ1) is 16.8. The second-order valence-electron chi connectivity index (χ2n) is 7.97. The molecule has 0 bridgehead atoms. The van der Waals surface area contributed by atoms with Crippen molar-refractivity contribution in [1.29, 1.82) is 0 Å². The number of rotatable bonds is 8. The Bertz CT molecular complexity index is 1370. The van der Waals surface area contributed by atoms with Crippen LogP contribution in [0.25, 0.3) is 16.9 Å². The minimum atomic E-state index is -0.555. The summed E-state index contributed by atoms with van der Waals surface area (Å²) in [5, 5.41) is 16.7. The van der Waals surface area contributed by atoms with Crippen LogP contribution in [-0.2, 0) is 17.7 Å². The zero-order valence-electron chi connectivity index (χ0n) is 19.6. The molecular formula is C25H24ClN5O4. The van der Waals surface area contributed by atoms with Gasteiger partial charge in [0.15, 0.2) is 11.5 Å². The Hall–Kier alpha value is -3.98. The number of aryl methyl sites for hydroxylation is 2. The van der Waals surface area contributed by atoms with E-state index in [4.69, 9.17) is 16.3 Å². The molecule has 2 aromatic heterocycles. The number of nitro groups is 1. The number of ether oxygens (including phenoxy) is 1. The summed E-state index contributed by atoms with van der Waals surface area (Å²) in [6, 6.07) is 15.0. The predicted molar refractivity (Wildman–Crippen MR) is 132 cm³/mol. The Labute approximate surface area is 207 Å². The number of benzene rings is 2. The number of esters is 1. The highest BCUT2D eigenvalue weighted by Gasteiger charge is 2.27. The first-order valence-corrected chi connectivity index (χ1v) is 11.5. The lowest BCUT2D eigenvalue weighted by Gasteiger charge is -2.11. The monoisotopic (exact) mass is 493 g/mol. The second-order valence-corrected chi connectivity index (χ2v) is 8.41. The third-order valence-corrected chi connectivity index (χ3v) is 5.91. The fourth-order valence-electron chi connectivity index (χ4n) is 3.93. The van der Waals surface area contributed by atoms with Crippen LogP contribution in [-0.4, -0.2) is 36.8 Å². The first kappa shape index (κ1) is 24.2. The number of hydrogen-bond donors (Lipinski definition) is 0. The molecule has 0 aliphatic carbocycles. The van der Waals surface area contributed by atoms with Crippen molar-refractivity contribution >= 4 is 23.4 Å². The van der Waals surface area contributed by atoms with Crippen LogP contribution in [0.1, 0.15) is 34.4 Å². The van der Waals surface area contributed by atoms with Gasteiger partial charge in [-0.25, -0.2) is 19.0 Å². The third-order valence-electron chi connectivity index (χ3n) is 5.65. The van der Waals surface area contributed by atoms with Crippen LogP contribution >= 0.6 is 11.6 Å². The van der Waals surface area contributed by atoms with Crippen molar-refractivity contribution in [3.8, 4) is 16.9 Å². The van der Waals surface area contributed by atoms with Gasteiger partial charge in [-0.3, -0.25) is 0 Å². The summed E-state index contributed by atoms with van der Waals surface area (Å²) >= 11 is 6.13. The lowest BCUT2D eigenvalue weighted by Crippen LogP contribution is -2.12. The Kier molecular flexibility index (Phi) is 6.97. The molecule has 4 rings (SSSR count). The number of carbonyl (C=O) groups excluding carboxylic acids is 1. The van der Waals surface area contributed by atoms with E-state index in [0.29, 0.717) is 22.1 Å². The fourth-order valence-corrected chi connectivity index (χ4v) is 4.06. The summed E-state index contributed by atoms with van der Waals surface area (Å²) in [4.78, 5) is 28.1. The quantitative estimate of drug-likeness (QED) is 0.186. The number of imidazole rings is 1. The number of nitrogens with zero attached hydrogens (tertiary/aromatic N) is 5. The van der Waals surface area contributed by atoms with Gasteiger partial charge in [-0.15, -0.1) is 0 Å². The van der Waals surface area contributed by atoms with E-state index < -0.39 is 10.9 Å². The topological polar surface area (TPSA) is 105 Å². The van der Waals surface area contributed by atoms with Gasteiger partial charge in [0.25, 0.3) is 0 Å². The minimum Gasteiger partial charge on any atom is -0.461 e. The molecule has 9 nitrogen and oxygen atoms in total. The molecule has 0 saturated heterocycles. The summed E-state index contributed by atoms with van der Waals surface area (Å²) in [5.74, 6) is -0.159. The lowest BCUT2D eigenvalue weighted by molar-refractivity contribution is -0.392. The molecule has 2 heterocycles. The molecule has 0 unspecified atom stereocenters. The Morgan fingerprint density at radius 3 is 2.43 bits per heavy atom. The van der Waals surface area contributed by atoms with Gasteiger partial charge in [0.2, 0.25) is 0 Å². The van der Waals surface area contributed by atoms with Crippen molar-refractivity contribution in [3.05, 3.63) is 92.5 Å². The molecule has 35 heavy (non-hydrogen) atoms. The molecule has 0 atom stereocenters. The molecule has 0 aliphatic rings. The number of carbonyl (C=O) groups is 1. The van der Waals surface area contributed by atoms with Crippen molar-refractivity contribution in [2.45, 2.75) is 33.7 Å². The average Bonchev–Trinajstić information content (AvgIpc) is 3.39. The van der Waals surface area contributed by atoms with E-state index in [2.05, 4.69) is 10.1 Å². The largest absolute Gasteiger partial charge is 0.461 e. The van der Waals surface area contributed by atoms with Crippen molar-refractivity contribution in [2.75, 3.05) is 6.61 Å². The van der Waals surface area contributed by atoms with E-state index in [1.54, 1.807) is 30.7 Å². The molecule has 10 heteroatoms. The van der Waals surface area contributed by atoms with Gasteiger partial charge in [-0.2, -0.15) is 5.10 Å². The van der Waals surface area contributed by atoms with E-state index >= 15 is 0 Å². The molecule has 180 valence electrons. The molecule has 0 radical (unpaired) electrons. The van der Waals surface area contributed by atoms with Gasteiger partial charge in [0.05, 0.1) is 24.5 Å². The van der Waals surface area contributed by atoms with Gasteiger partial charge in [0, 0.05) is 29.5 Å². The highest BCUT2D eigenvalue weighted by Crippen LogP contribution is 2.32. The maximum absolute atomic E-state index is 13.0. The van der Waals surface area contributed by atoms with Gasteiger partial charge >= 0.3 is 11.8 Å². The van der Waals surface area contributed by atoms with Gasteiger partial charge in [-0.1, -0.05) is 41.4 Å². The van der Waals surface area contributed by atoms with Crippen molar-refractivity contribution in [2.24, 2.45) is 0 Å². The van der Waals surface area contributed by atoms with Crippen LogP contribution in [0.15, 0.2) is 54.7 Å². The van der Waals surface area contributed by atoms with E-state index in [0.717, 1.165) is 16.8 Å². The highest BCUT2D eigenvalue weighted by molar-refractivity contribution is 6.30. The van der Waals surface area contributed by atoms with E-state index in [-0.39, 0.29) is 31.1 Å². The number of hydrogen-bond acceptors (Lipinski definition) is 6. The molecule has 2 aromatic carbocycles. The fraction of sp³-hybridized carbons (Fsp3) is 0.240. The zero-order chi connectivity index (χ0) is 25.1. The first-order valence-electron chi connectivity index (χ1n) is 11.1. The number of halogens is 1. The normalized spacial score (nSPS) is 11.0. The van der Waals surface area contributed by atoms with Gasteiger partial charge in [0.1, 0.15) is 6.20 Å². The molecule has 0 aliphatic heterocycles. The Morgan fingerprint density at radius 1 is 1.11 bits per heavy atom. The maximum Gasteiger partial charge on any atom is 0.359 e. The van der Waals surface area contributed by atoms with Crippen LogP contribution in [0.4, 0.5) is 5.82 Å². The standard InChI is InChI=1S/C25H24ClN5O4/c1-4-35-25(32)23-21(13-14-29-17(3)27-15-22(29)31(33)34)24(18-7-9-19(26)10-8-18)30(28-23)20-11-5-16(2)6-12-20/h5-12,15H,4,13-14H2,1-3H3. The van der Waals surface area contributed by atoms with Crippen LogP contribution < -0.4 is 0 Å². The van der Waals surface area contributed by atoms with Crippen LogP contribution in [0, 0.1) is 24.0 Å². The van der Waals surface area contributed by atoms with E-state index in [1.165, 1.54) is 10.8 Å². The van der Waals surface area contributed by atoms with Crippen molar-refractivity contribution in [1.82, 2.24) is 19.3 Å². The van der Waals surface area contributed by atoms with Crippen LogP contribution in [0.5, 0.6) is 0 Å². The summed E-state index contributed by atoms with van der Waals surface area (Å²) < 4.78 is 8.53. The third kappa shape index (κ3) is 4.95. The van der Waals surface area contributed by atoms with Gasteiger partial charge < -0.3 is 14.9 Å². The smallest absolute Gasteiger partial charge is 0.359 e. The van der Waals surface area contributed by atoms with E-state index in [9.17, 15) is 14.9 Å². The second kappa shape index (κ2) is 10.1. The summed E-state index contributed by atoms with van der Waals surface area (Å²) in [5.41, 5.74) is 4.12. The van der Waals surface area contributed by atoms with Gasteiger partial charge in [-0.05, 0) is 43.0 Å². The predicted octanol–water partition coefficient (Wildman–Crippen LogP) is 5.33. The molecule has 0 fully saturated rings. The number of aromatic nitrogens is 4. The van der Waals surface area contributed by atoms with E-state index in [1.807, 2.05) is 43.3 Å². The molecule has 0 amide bonds. The van der Waals surface area contributed by atoms with Crippen molar-refractivity contribution < 1.29 is 14.5 Å². The molecule has 0 saturated carbocycles. The van der Waals surface area contributed by atoms with Crippen LogP contribution in [0.3, 0.4) is 0 Å². The SMILES string of the molecule is CCOC(=O)c1nn(-c2ccc(C)cc2)c(-c2ccc(Cl)cc2)c1CCn1c([N+](=O)[O-])cnc1C. The van der Waals surface area contributed by atoms with Crippen molar-refractivity contribution in [3.63, 3.8) is 0 Å². The summed E-state index contributed by atoms with van der Waals surface area (Å²) in [7, 11) is 0. The Balaban J connectivity index is 1.90. The highest BCUT2D eigenvalue weighted by atomic mass is 35.5. The summed E-state index contributed by atoms with van der Waals surface area (Å²) in [6.07, 6.45) is 1.52. The molecule has 4 aromatic rings. The Morgan fingerprint density at radius 2 is 1.80 bits per heavy atom. The summed E-state index contributed by atoms with van der Waals surface area (Å²) in [6.45, 7) is 5.84. The molecular weight excluding hydrogens is 470 g/mol. The zero-order valence-corrected chi connectivity index (χ0v) is 20.3. The molecule has 0 N–H and O–H groups in total. The minimum absolute atomic E-state index is 0.112. The van der Waals surface area contributed by atoms with Crippen LogP contribution in [0.2, 0.25) is 5.02 Å². The average molecular weight is 494 g/mol. The lowest BCUT2D eigenvalue weighted by atomic mass is 10.0. The maximum atomic E-state index is 13.0.